The van der Waals surface area contributed by atoms with Crippen molar-refractivity contribution in [2.45, 2.75) is 133 Å². The molecule has 0 aromatic carbocycles. The highest BCUT2D eigenvalue weighted by Gasteiger charge is 2.69. The minimum absolute atomic E-state index is 0.0250. The molecule has 0 bridgehead atoms. The number of nitrogens with one attached hydrogen (secondary N) is 1. The molecular formula is C36H57NO4. The van der Waals surface area contributed by atoms with Gasteiger partial charge in [0.2, 0.25) is 5.91 Å². The van der Waals surface area contributed by atoms with E-state index >= 15 is 0 Å². The Morgan fingerprint density at radius 1 is 0.927 bits per heavy atom. The zero-order valence-corrected chi connectivity index (χ0v) is 27.7. The van der Waals surface area contributed by atoms with Gasteiger partial charge < -0.3 is 10.1 Å². The number of hydrogen-bond acceptors (Lipinski definition) is 4. The standard InChI is InChI=1S/C36H57NO4/c1-22(2)28(29(39)41-10)37-30(40)36-19-17-31(3,4)21-24(36)23-11-12-26-33(7)15-14-27(38)32(5,6)25(33)13-16-35(26,9)34(23,8)18-20-36/h11,22,24-26,28H,12-21H2,1-10H3,(H,37,40)/t24-,25-,26+,28-,33-,34+,35+,36-/m0/s1. The molecule has 0 radical (unpaired) electrons. The molecular weight excluding hydrogens is 510 g/mol. The Hall–Kier alpha value is -1.65. The molecule has 5 rings (SSSR count). The van der Waals surface area contributed by atoms with Crippen molar-refractivity contribution in [3.63, 3.8) is 0 Å². The highest BCUT2D eigenvalue weighted by Crippen LogP contribution is 2.75. The average molecular weight is 568 g/mol. The molecule has 0 aliphatic heterocycles. The molecule has 4 fully saturated rings. The van der Waals surface area contributed by atoms with E-state index in [0.29, 0.717) is 24.0 Å². The molecule has 0 unspecified atom stereocenters. The van der Waals surface area contributed by atoms with Crippen LogP contribution in [0.1, 0.15) is 127 Å². The summed E-state index contributed by atoms with van der Waals surface area (Å²) in [6.45, 7) is 20.7. The minimum atomic E-state index is -0.624. The van der Waals surface area contributed by atoms with E-state index in [0.717, 1.165) is 57.8 Å². The summed E-state index contributed by atoms with van der Waals surface area (Å²) in [5, 5.41) is 3.21. The fraction of sp³-hybridized carbons (Fsp3) is 0.861. The number of ketones is 1. The summed E-state index contributed by atoms with van der Waals surface area (Å²) < 4.78 is 5.09. The van der Waals surface area contributed by atoms with Crippen molar-refractivity contribution >= 4 is 17.7 Å². The summed E-state index contributed by atoms with van der Waals surface area (Å²) in [6, 6.07) is -0.624. The van der Waals surface area contributed by atoms with Crippen LogP contribution in [0.4, 0.5) is 0 Å². The van der Waals surface area contributed by atoms with Crippen LogP contribution in [-0.2, 0) is 19.1 Å². The van der Waals surface area contributed by atoms with E-state index in [1.165, 1.54) is 12.7 Å². The topological polar surface area (TPSA) is 72.5 Å². The maximum Gasteiger partial charge on any atom is 0.328 e. The van der Waals surface area contributed by atoms with Crippen molar-refractivity contribution in [2.75, 3.05) is 7.11 Å². The molecule has 1 N–H and O–H groups in total. The Bertz CT molecular complexity index is 1150. The lowest BCUT2D eigenvalue weighted by atomic mass is 9.33. The number of esters is 1. The van der Waals surface area contributed by atoms with E-state index in [1.54, 1.807) is 0 Å². The van der Waals surface area contributed by atoms with Gasteiger partial charge in [0.15, 0.2) is 0 Å². The normalized spacial score (nSPS) is 43.4. The Morgan fingerprint density at radius 2 is 1.59 bits per heavy atom. The predicted molar refractivity (Wildman–Crippen MR) is 163 cm³/mol. The first kappa shape index (κ1) is 30.8. The quantitative estimate of drug-likeness (QED) is 0.279. The SMILES string of the molecule is COC(=O)[C@@H](NC(=O)[C@]12CCC(C)(C)C[C@H]1C1=CC[C@@H]3[C@@]4(C)CCC(=O)C(C)(C)[C@@H]4CC[C@@]3(C)[C@]1(C)CC2)C(C)C. The lowest BCUT2D eigenvalue weighted by Gasteiger charge is -2.70. The minimum Gasteiger partial charge on any atom is -0.467 e. The second kappa shape index (κ2) is 9.68. The third-order valence-corrected chi connectivity index (χ3v) is 14.2. The number of carbonyl (C=O) groups is 3. The number of carbonyl (C=O) groups excluding carboxylic acids is 3. The first-order valence-corrected chi connectivity index (χ1v) is 16.5. The van der Waals surface area contributed by atoms with Gasteiger partial charge >= 0.3 is 5.97 Å². The van der Waals surface area contributed by atoms with Crippen LogP contribution in [0.3, 0.4) is 0 Å². The Balaban J connectivity index is 1.55. The zero-order chi connectivity index (χ0) is 30.4. The summed E-state index contributed by atoms with van der Waals surface area (Å²) >= 11 is 0. The number of rotatable bonds is 4. The van der Waals surface area contributed by atoms with Crippen LogP contribution in [-0.4, -0.2) is 30.8 Å². The first-order chi connectivity index (χ1) is 18.9. The molecule has 5 nitrogen and oxygen atoms in total. The first-order valence-electron chi connectivity index (χ1n) is 16.5. The van der Waals surface area contributed by atoms with E-state index in [9.17, 15) is 14.4 Å². The van der Waals surface area contributed by atoms with Crippen LogP contribution in [0, 0.1) is 56.2 Å². The van der Waals surface area contributed by atoms with Gasteiger partial charge in [-0.25, -0.2) is 4.79 Å². The number of ether oxygens (including phenoxy) is 1. The molecule has 5 heteroatoms. The number of hydrogen-bond donors (Lipinski definition) is 1. The largest absolute Gasteiger partial charge is 0.467 e. The van der Waals surface area contributed by atoms with E-state index < -0.39 is 11.5 Å². The summed E-state index contributed by atoms with van der Waals surface area (Å²) in [6.07, 6.45) is 12.4. The molecule has 0 heterocycles. The second-order valence-corrected chi connectivity index (χ2v) is 17.2. The summed E-state index contributed by atoms with van der Waals surface area (Å²) in [7, 11) is 1.41. The number of methoxy groups -OCH3 is 1. The molecule has 1 amide bonds. The summed E-state index contributed by atoms with van der Waals surface area (Å²) in [5.41, 5.74) is 1.27. The number of amides is 1. The van der Waals surface area contributed by atoms with E-state index in [-0.39, 0.29) is 50.8 Å². The second-order valence-electron chi connectivity index (χ2n) is 17.2. The van der Waals surface area contributed by atoms with Crippen molar-refractivity contribution < 1.29 is 19.1 Å². The molecule has 5 aliphatic rings. The van der Waals surface area contributed by atoms with Gasteiger partial charge in [0, 0.05) is 11.8 Å². The van der Waals surface area contributed by atoms with E-state index in [4.69, 9.17) is 4.74 Å². The van der Waals surface area contributed by atoms with Gasteiger partial charge in [-0.1, -0.05) is 74.0 Å². The van der Waals surface area contributed by atoms with Crippen LogP contribution in [0.25, 0.3) is 0 Å². The molecule has 41 heavy (non-hydrogen) atoms. The third kappa shape index (κ3) is 4.24. The lowest BCUT2D eigenvalue weighted by molar-refractivity contribution is -0.186. The van der Waals surface area contributed by atoms with Gasteiger partial charge in [0.05, 0.1) is 12.5 Å². The summed E-state index contributed by atoms with van der Waals surface area (Å²) in [5.74, 6) is 1.27. The maximum absolute atomic E-state index is 14.4. The summed E-state index contributed by atoms with van der Waals surface area (Å²) in [4.78, 5) is 40.1. The molecule has 0 aromatic heterocycles. The van der Waals surface area contributed by atoms with Gasteiger partial charge in [0.1, 0.15) is 11.8 Å². The van der Waals surface area contributed by atoms with Gasteiger partial charge in [-0.3, -0.25) is 9.59 Å². The van der Waals surface area contributed by atoms with Gasteiger partial charge in [0.25, 0.3) is 0 Å². The van der Waals surface area contributed by atoms with E-state index in [2.05, 4.69) is 59.9 Å². The van der Waals surface area contributed by atoms with Gasteiger partial charge in [-0.05, 0) is 103 Å². The smallest absolute Gasteiger partial charge is 0.328 e. The van der Waals surface area contributed by atoms with Crippen molar-refractivity contribution in [2.24, 2.45) is 56.2 Å². The fourth-order valence-corrected chi connectivity index (χ4v) is 11.4. The van der Waals surface area contributed by atoms with Crippen LogP contribution in [0.2, 0.25) is 0 Å². The molecule has 230 valence electrons. The maximum atomic E-state index is 14.4. The van der Waals surface area contributed by atoms with Crippen LogP contribution >= 0.6 is 0 Å². The fourth-order valence-electron chi connectivity index (χ4n) is 11.4. The molecule has 0 aromatic rings. The van der Waals surface area contributed by atoms with Crippen LogP contribution < -0.4 is 5.32 Å². The highest BCUT2D eigenvalue weighted by atomic mass is 16.5. The number of allylic oxidation sites excluding steroid dienone is 2. The molecule has 4 saturated carbocycles. The average Bonchev–Trinajstić information content (AvgIpc) is 2.89. The van der Waals surface area contributed by atoms with Gasteiger partial charge in [-0.15, -0.1) is 0 Å². The van der Waals surface area contributed by atoms with Gasteiger partial charge in [-0.2, -0.15) is 0 Å². The number of fused-ring (bicyclic) bond motifs is 7. The molecule has 0 spiro atoms. The molecule has 8 atom stereocenters. The van der Waals surface area contributed by atoms with Crippen LogP contribution in [0.15, 0.2) is 11.6 Å². The predicted octanol–water partition coefficient (Wildman–Crippen LogP) is 7.67. The van der Waals surface area contributed by atoms with Crippen molar-refractivity contribution in [1.29, 1.82) is 0 Å². The Kier molecular flexibility index (Phi) is 7.27. The van der Waals surface area contributed by atoms with Crippen LogP contribution in [0.5, 0.6) is 0 Å². The zero-order valence-electron chi connectivity index (χ0n) is 27.7. The number of Topliss-reactive ketones (excluding diaryl/α,β-unsaturated/α-hetero) is 1. The van der Waals surface area contributed by atoms with E-state index in [1.807, 2.05) is 13.8 Å². The van der Waals surface area contributed by atoms with Crippen molar-refractivity contribution in [3.05, 3.63) is 11.6 Å². The third-order valence-electron chi connectivity index (χ3n) is 14.2. The molecule has 0 saturated heterocycles. The lowest BCUT2D eigenvalue weighted by Crippen LogP contribution is -2.65. The Morgan fingerprint density at radius 3 is 2.22 bits per heavy atom. The molecule has 5 aliphatic carbocycles. The Labute approximate surface area is 249 Å². The monoisotopic (exact) mass is 567 g/mol. The highest BCUT2D eigenvalue weighted by molar-refractivity contribution is 5.89. The van der Waals surface area contributed by atoms with Crippen molar-refractivity contribution in [3.8, 4) is 0 Å². The van der Waals surface area contributed by atoms with Crippen molar-refractivity contribution in [1.82, 2.24) is 5.32 Å².